The van der Waals surface area contributed by atoms with Crippen molar-refractivity contribution in [2.75, 3.05) is 0 Å². The smallest absolute Gasteiger partial charge is 0.0477 e. The molecule has 0 spiro atoms. The van der Waals surface area contributed by atoms with Gasteiger partial charge in [-0.25, -0.2) is 0 Å². The van der Waals surface area contributed by atoms with Crippen LogP contribution in [0.15, 0.2) is 16.8 Å². The lowest BCUT2D eigenvalue weighted by Gasteiger charge is -2.12. The van der Waals surface area contributed by atoms with Gasteiger partial charge in [-0.15, -0.1) is 12.3 Å². The Kier molecular flexibility index (Phi) is 3.81. The predicted octanol–water partition coefficient (Wildman–Crippen LogP) is 1.67. The fourth-order valence-corrected chi connectivity index (χ4v) is 1.76. The molecule has 1 unspecified atom stereocenters. The number of terminal acetylenes is 1. The van der Waals surface area contributed by atoms with Gasteiger partial charge in [0.2, 0.25) is 0 Å². The minimum Gasteiger partial charge on any atom is -0.271 e. The highest BCUT2D eigenvalue weighted by Crippen LogP contribution is 2.19. The third-order valence-corrected chi connectivity index (χ3v) is 2.43. The molecular weight excluding hydrogens is 168 g/mol. The highest BCUT2D eigenvalue weighted by molar-refractivity contribution is 7.07. The Hall–Kier alpha value is -0.820. The number of hydrazine groups is 1. The molecule has 0 saturated heterocycles. The number of nitrogens with two attached hydrogens (primary N) is 1. The molecule has 12 heavy (non-hydrogen) atoms. The zero-order valence-corrected chi connectivity index (χ0v) is 7.60. The Balaban J connectivity index is 2.52. The van der Waals surface area contributed by atoms with Gasteiger partial charge in [-0.3, -0.25) is 11.3 Å². The second-order valence-corrected chi connectivity index (χ2v) is 3.30. The summed E-state index contributed by atoms with van der Waals surface area (Å²) in [4.78, 5) is 0. The molecule has 0 aliphatic carbocycles. The van der Waals surface area contributed by atoms with Crippen LogP contribution in [0.3, 0.4) is 0 Å². The van der Waals surface area contributed by atoms with E-state index in [9.17, 15) is 0 Å². The van der Waals surface area contributed by atoms with Crippen LogP contribution in [0.4, 0.5) is 0 Å². The monoisotopic (exact) mass is 180 g/mol. The molecule has 1 atom stereocenters. The maximum Gasteiger partial charge on any atom is 0.0477 e. The van der Waals surface area contributed by atoms with Crippen molar-refractivity contribution < 1.29 is 0 Å². The van der Waals surface area contributed by atoms with Gasteiger partial charge in [-0.2, -0.15) is 11.3 Å². The minimum absolute atomic E-state index is 0.201. The summed E-state index contributed by atoms with van der Waals surface area (Å²) >= 11 is 1.67. The highest BCUT2D eigenvalue weighted by atomic mass is 32.1. The molecule has 3 N–H and O–H groups in total. The molecule has 3 heteroatoms. The third kappa shape index (κ3) is 2.35. The molecular formula is C9H12N2S. The van der Waals surface area contributed by atoms with E-state index >= 15 is 0 Å². The average Bonchev–Trinajstić information content (AvgIpc) is 2.59. The molecule has 0 saturated carbocycles. The first-order valence-corrected chi connectivity index (χ1v) is 4.74. The van der Waals surface area contributed by atoms with Gasteiger partial charge < -0.3 is 0 Å². The number of nitrogens with one attached hydrogen (secondary N) is 1. The van der Waals surface area contributed by atoms with Crippen LogP contribution < -0.4 is 11.3 Å². The van der Waals surface area contributed by atoms with Crippen molar-refractivity contribution in [1.82, 2.24) is 5.43 Å². The quantitative estimate of drug-likeness (QED) is 0.420. The minimum atomic E-state index is 0.201. The van der Waals surface area contributed by atoms with Gasteiger partial charge in [-0.05, 0) is 28.8 Å². The SMILES string of the molecule is C#CCCC(NN)c1ccsc1. The van der Waals surface area contributed by atoms with Gasteiger partial charge in [0, 0.05) is 12.5 Å². The summed E-state index contributed by atoms with van der Waals surface area (Å²) in [5.74, 6) is 7.99. The van der Waals surface area contributed by atoms with Crippen LogP contribution in [0.1, 0.15) is 24.4 Å². The Morgan fingerprint density at radius 2 is 2.58 bits per heavy atom. The molecule has 0 aliphatic heterocycles. The van der Waals surface area contributed by atoms with Gasteiger partial charge in [0.05, 0.1) is 0 Å². The Morgan fingerprint density at radius 3 is 3.08 bits per heavy atom. The molecule has 64 valence electrons. The Morgan fingerprint density at radius 1 is 1.75 bits per heavy atom. The van der Waals surface area contributed by atoms with Crippen molar-refractivity contribution in [3.63, 3.8) is 0 Å². The fourth-order valence-electron chi connectivity index (χ4n) is 1.05. The van der Waals surface area contributed by atoms with Gasteiger partial charge in [0.25, 0.3) is 0 Å². The van der Waals surface area contributed by atoms with Crippen molar-refractivity contribution in [2.45, 2.75) is 18.9 Å². The molecule has 2 nitrogen and oxygen atoms in total. The van der Waals surface area contributed by atoms with Crippen LogP contribution in [0.5, 0.6) is 0 Å². The maximum atomic E-state index is 5.39. The fraction of sp³-hybridized carbons (Fsp3) is 0.333. The number of rotatable bonds is 4. The van der Waals surface area contributed by atoms with Crippen molar-refractivity contribution in [3.05, 3.63) is 22.4 Å². The first-order chi connectivity index (χ1) is 5.88. The summed E-state index contributed by atoms with van der Waals surface area (Å²) in [6.07, 6.45) is 6.82. The molecule has 0 aliphatic rings. The van der Waals surface area contributed by atoms with Gasteiger partial charge in [0.1, 0.15) is 0 Å². The second kappa shape index (κ2) is 4.94. The largest absolute Gasteiger partial charge is 0.271 e. The molecule has 1 heterocycles. The molecule has 0 fully saturated rings. The first-order valence-electron chi connectivity index (χ1n) is 3.80. The Labute approximate surface area is 76.8 Å². The number of hydrogen-bond donors (Lipinski definition) is 2. The van der Waals surface area contributed by atoms with E-state index in [2.05, 4.69) is 22.8 Å². The molecule has 0 amide bonds. The molecule has 0 radical (unpaired) electrons. The van der Waals surface area contributed by atoms with E-state index in [0.717, 1.165) is 12.8 Å². The van der Waals surface area contributed by atoms with Crippen LogP contribution >= 0.6 is 11.3 Å². The maximum absolute atomic E-state index is 5.39. The molecule has 1 aromatic rings. The molecule has 0 bridgehead atoms. The van der Waals surface area contributed by atoms with E-state index < -0.39 is 0 Å². The summed E-state index contributed by atoms with van der Waals surface area (Å²) in [6, 6.07) is 2.26. The van der Waals surface area contributed by atoms with Crippen LogP contribution in [0, 0.1) is 12.3 Å². The topological polar surface area (TPSA) is 38.0 Å². The van der Waals surface area contributed by atoms with Crippen molar-refractivity contribution in [1.29, 1.82) is 0 Å². The zero-order valence-electron chi connectivity index (χ0n) is 6.79. The Bertz CT molecular complexity index is 248. The number of hydrogen-bond acceptors (Lipinski definition) is 3. The van der Waals surface area contributed by atoms with E-state index in [0.29, 0.717) is 0 Å². The summed E-state index contributed by atoms with van der Waals surface area (Å²) < 4.78 is 0. The van der Waals surface area contributed by atoms with Gasteiger partial charge in [-0.1, -0.05) is 0 Å². The average molecular weight is 180 g/mol. The zero-order chi connectivity index (χ0) is 8.81. The standard InChI is InChI=1S/C9H12N2S/c1-2-3-4-9(11-10)8-5-6-12-7-8/h1,5-7,9,11H,3-4,10H2. The van der Waals surface area contributed by atoms with Crippen LogP contribution in [-0.4, -0.2) is 0 Å². The normalized spacial score (nSPS) is 12.3. The van der Waals surface area contributed by atoms with Crippen LogP contribution in [0.2, 0.25) is 0 Å². The van der Waals surface area contributed by atoms with E-state index in [1.807, 2.05) is 5.38 Å². The highest BCUT2D eigenvalue weighted by Gasteiger charge is 2.07. The van der Waals surface area contributed by atoms with E-state index in [1.54, 1.807) is 11.3 Å². The molecule has 0 aromatic carbocycles. The second-order valence-electron chi connectivity index (χ2n) is 2.52. The van der Waals surface area contributed by atoms with E-state index in [4.69, 9.17) is 12.3 Å². The summed E-state index contributed by atoms with van der Waals surface area (Å²) in [5, 5.41) is 4.12. The van der Waals surface area contributed by atoms with Crippen molar-refractivity contribution in [2.24, 2.45) is 5.84 Å². The predicted molar refractivity (Wildman–Crippen MR) is 52.5 cm³/mol. The lowest BCUT2D eigenvalue weighted by Crippen LogP contribution is -2.27. The van der Waals surface area contributed by atoms with E-state index in [-0.39, 0.29) is 6.04 Å². The van der Waals surface area contributed by atoms with Crippen molar-refractivity contribution >= 4 is 11.3 Å². The van der Waals surface area contributed by atoms with Crippen LogP contribution in [0.25, 0.3) is 0 Å². The third-order valence-electron chi connectivity index (χ3n) is 1.72. The number of thiophene rings is 1. The van der Waals surface area contributed by atoms with Crippen molar-refractivity contribution in [3.8, 4) is 12.3 Å². The summed E-state index contributed by atoms with van der Waals surface area (Å²) in [7, 11) is 0. The van der Waals surface area contributed by atoms with Gasteiger partial charge >= 0.3 is 0 Å². The van der Waals surface area contributed by atoms with E-state index in [1.165, 1.54) is 5.56 Å². The summed E-state index contributed by atoms with van der Waals surface area (Å²) in [5.41, 5.74) is 3.97. The molecule has 1 aromatic heterocycles. The molecule has 1 rings (SSSR count). The summed E-state index contributed by atoms with van der Waals surface area (Å²) in [6.45, 7) is 0. The van der Waals surface area contributed by atoms with Gasteiger partial charge in [0.15, 0.2) is 0 Å². The lowest BCUT2D eigenvalue weighted by atomic mass is 10.1. The lowest BCUT2D eigenvalue weighted by molar-refractivity contribution is 0.525. The van der Waals surface area contributed by atoms with Crippen LogP contribution in [-0.2, 0) is 0 Å². The first kappa shape index (κ1) is 9.27.